The first-order chi connectivity index (χ1) is 14.8. The molecule has 0 saturated carbocycles. The van der Waals surface area contributed by atoms with Gasteiger partial charge >= 0.3 is 5.97 Å². The molecule has 4 rings (SSSR count). The number of rotatable bonds is 6. The smallest absolute Gasteiger partial charge is 0.348 e. The van der Waals surface area contributed by atoms with Crippen LogP contribution in [0.2, 0.25) is 5.02 Å². The second kappa shape index (κ2) is 8.83. The van der Waals surface area contributed by atoms with Gasteiger partial charge in [-0.1, -0.05) is 67.9 Å². The van der Waals surface area contributed by atoms with E-state index in [-0.39, 0.29) is 10.8 Å². The van der Waals surface area contributed by atoms with Crippen LogP contribution in [0.15, 0.2) is 54.6 Å². The maximum Gasteiger partial charge on any atom is 0.348 e. The molecule has 0 atom stereocenters. The van der Waals surface area contributed by atoms with Crippen molar-refractivity contribution in [3.05, 3.63) is 74.9 Å². The summed E-state index contributed by atoms with van der Waals surface area (Å²) in [5, 5.41) is 14.3. The Morgan fingerprint density at radius 1 is 1.06 bits per heavy atom. The van der Waals surface area contributed by atoms with Gasteiger partial charge in [0.2, 0.25) is 0 Å². The molecule has 0 unspecified atom stereocenters. The summed E-state index contributed by atoms with van der Waals surface area (Å²) in [6.07, 6.45) is 0. The van der Waals surface area contributed by atoms with Crippen LogP contribution in [0.1, 0.15) is 39.9 Å². The fourth-order valence-electron chi connectivity index (χ4n) is 3.23. The van der Waals surface area contributed by atoms with Crippen molar-refractivity contribution in [3.63, 3.8) is 0 Å². The Hall–Kier alpha value is -2.67. The van der Waals surface area contributed by atoms with E-state index in [1.807, 2.05) is 61.5 Å². The molecular weight excluding hydrogens is 448 g/mol. The van der Waals surface area contributed by atoms with Crippen LogP contribution >= 0.6 is 34.3 Å². The maximum absolute atomic E-state index is 11.9. The Bertz CT molecular complexity index is 1250. The summed E-state index contributed by atoms with van der Waals surface area (Å²) < 4.78 is 0. The van der Waals surface area contributed by atoms with Gasteiger partial charge < -0.3 is 10.4 Å². The highest BCUT2D eigenvalue weighted by Crippen LogP contribution is 2.41. The minimum atomic E-state index is -0.958. The van der Waals surface area contributed by atoms with Gasteiger partial charge in [0.1, 0.15) is 4.88 Å². The van der Waals surface area contributed by atoms with Crippen molar-refractivity contribution >= 4 is 51.1 Å². The quantitative estimate of drug-likeness (QED) is 0.300. The van der Waals surface area contributed by atoms with Gasteiger partial charge in [0.25, 0.3) is 0 Å². The zero-order valence-electron chi connectivity index (χ0n) is 17.3. The van der Waals surface area contributed by atoms with Crippen molar-refractivity contribution in [3.8, 4) is 21.7 Å². The number of aryl methyl sites for hydroxylation is 1. The summed E-state index contributed by atoms with van der Waals surface area (Å²) in [7, 11) is 0. The highest BCUT2D eigenvalue weighted by atomic mass is 35.5. The van der Waals surface area contributed by atoms with Gasteiger partial charge in [-0.3, -0.25) is 0 Å². The van der Waals surface area contributed by atoms with Crippen LogP contribution in [0.25, 0.3) is 21.7 Å². The molecule has 0 fully saturated rings. The highest BCUT2D eigenvalue weighted by Gasteiger charge is 2.20. The van der Waals surface area contributed by atoms with Crippen LogP contribution < -0.4 is 5.32 Å². The van der Waals surface area contributed by atoms with Crippen molar-refractivity contribution in [2.45, 2.75) is 26.7 Å². The number of carbonyl (C=O) groups is 1. The van der Waals surface area contributed by atoms with E-state index in [1.54, 1.807) is 0 Å². The molecule has 0 amide bonds. The number of thiazole rings is 1. The van der Waals surface area contributed by atoms with E-state index >= 15 is 0 Å². The topological polar surface area (TPSA) is 62.2 Å². The number of nitrogens with one attached hydrogen (secondary N) is 1. The average molecular weight is 469 g/mol. The zero-order valence-corrected chi connectivity index (χ0v) is 19.7. The molecule has 0 bridgehead atoms. The van der Waals surface area contributed by atoms with E-state index in [9.17, 15) is 9.90 Å². The Labute approximate surface area is 194 Å². The summed E-state index contributed by atoms with van der Waals surface area (Å²) in [5.74, 6) is -0.690. The largest absolute Gasteiger partial charge is 0.477 e. The third-order valence-corrected chi connectivity index (χ3v) is 7.70. The number of carboxylic acid groups (broad SMARTS) is 1. The molecule has 158 valence electrons. The Balaban J connectivity index is 1.74. The number of aromatic nitrogens is 1. The molecule has 31 heavy (non-hydrogen) atoms. The number of anilines is 2. The number of benzene rings is 2. The predicted molar refractivity (Wildman–Crippen MR) is 131 cm³/mol. The van der Waals surface area contributed by atoms with E-state index in [2.05, 4.69) is 19.2 Å². The number of hydrogen-bond donors (Lipinski definition) is 2. The van der Waals surface area contributed by atoms with E-state index in [0.717, 1.165) is 32.1 Å². The fourth-order valence-corrected chi connectivity index (χ4v) is 5.37. The van der Waals surface area contributed by atoms with E-state index < -0.39 is 5.97 Å². The zero-order chi connectivity index (χ0) is 22.1. The van der Waals surface area contributed by atoms with Crippen LogP contribution in [0.3, 0.4) is 0 Å². The van der Waals surface area contributed by atoms with Crippen molar-refractivity contribution < 1.29 is 9.90 Å². The van der Waals surface area contributed by atoms with Crippen LogP contribution in [0.4, 0.5) is 10.8 Å². The Morgan fingerprint density at radius 3 is 2.45 bits per heavy atom. The van der Waals surface area contributed by atoms with Gasteiger partial charge in [0, 0.05) is 20.3 Å². The predicted octanol–water partition coefficient (Wildman–Crippen LogP) is 8.07. The fraction of sp³-hybridized carbons (Fsp3) is 0.167. The molecule has 0 spiro atoms. The van der Waals surface area contributed by atoms with Crippen molar-refractivity contribution in [1.29, 1.82) is 0 Å². The molecule has 0 aliphatic carbocycles. The lowest BCUT2D eigenvalue weighted by Gasteiger charge is -2.06. The molecule has 0 saturated heterocycles. The summed E-state index contributed by atoms with van der Waals surface area (Å²) >= 11 is 9.14. The van der Waals surface area contributed by atoms with Gasteiger partial charge in [0.15, 0.2) is 5.13 Å². The van der Waals surface area contributed by atoms with Crippen molar-refractivity contribution in [2.24, 2.45) is 0 Å². The number of hydrogen-bond acceptors (Lipinski definition) is 5. The molecule has 4 aromatic rings. The van der Waals surface area contributed by atoms with Gasteiger partial charge in [-0.25, -0.2) is 9.78 Å². The second-order valence-corrected chi connectivity index (χ2v) is 9.99. The summed E-state index contributed by atoms with van der Waals surface area (Å²) in [4.78, 5) is 19.0. The highest BCUT2D eigenvalue weighted by molar-refractivity contribution is 7.18. The third kappa shape index (κ3) is 4.51. The first kappa shape index (κ1) is 21.6. The molecular formula is C24H21ClN2O2S2. The molecule has 0 aliphatic rings. The van der Waals surface area contributed by atoms with E-state index in [0.29, 0.717) is 15.8 Å². The molecule has 2 heterocycles. The van der Waals surface area contributed by atoms with Gasteiger partial charge in [-0.15, -0.1) is 22.7 Å². The summed E-state index contributed by atoms with van der Waals surface area (Å²) in [6.45, 7) is 6.21. The standard InChI is InChI=1S/C24H21ClN2O2S2/c1-13(2)21-20(16-10-9-14(3)17(25)11-16)27-24(31-21)26-18-12-19(30-22(18)23(28)29)15-7-5-4-6-8-15/h4-13H,1-3H3,(H,26,27)(H,28,29). The minimum Gasteiger partial charge on any atom is -0.477 e. The Kier molecular flexibility index (Phi) is 6.14. The lowest BCUT2D eigenvalue weighted by Crippen LogP contribution is -1.98. The minimum absolute atomic E-state index is 0.264. The molecule has 7 heteroatoms. The maximum atomic E-state index is 11.9. The number of thiophene rings is 1. The third-order valence-electron chi connectivity index (χ3n) is 4.85. The van der Waals surface area contributed by atoms with Gasteiger partial charge in [0.05, 0.1) is 11.4 Å². The molecule has 0 aliphatic heterocycles. The van der Waals surface area contributed by atoms with Crippen LogP contribution in [-0.2, 0) is 0 Å². The van der Waals surface area contributed by atoms with E-state index in [1.165, 1.54) is 22.7 Å². The number of halogens is 1. The number of nitrogens with zero attached hydrogens (tertiary/aromatic N) is 1. The lowest BCUT2D eigenvalue weighted by atomic mass is 10.0. The van der Waals surface area contributed by atoms with Crippen molar-refractivity contribution in [1.82, 2.24) is 4.98 Å². The molecule has 0 radical (unpaired) electrons. The summed E-state index contributed by atoms with van der Waals surface area (Å²) in [6, 6.07) is 17.6. The second-order valence-electron chi connectivity index (χ2n) is 7.50. The van der Waals surface area contributed by atoms with Gasteiger partial charge in [-0.05, 0) is 36.1 Å². The SMILES string of the molecule is Cc1ccc(-c2nc(Nc3cc(-c4ccccc4)sc3C(=O)O)sc2C(C)C)cc1Cl. The Morgan fingerprint density at radius 2 is 1.81 bits per heavy atom. The lowest BCUT2D eigenvalue weighted by molar-refractivity contribution is 0.0703. The molecule has 2 N–H and O–H groups in total. The first-order valence-corrected chi connectivity index (χ1v) is 11.8. The van der Waals surface area contributed by atoms with Crippen molar-refractivity contribution in [2.75, 3.05) is 5.32 Å². The number of aromatic carboxylic acids is 1. The van der Waals surface area contributed by atoms with Crippen LogP contribution in [0.5, 0.6) is 0 Å². The van der Waals surface area contributed by atoms with E-state index in [4.69, 9.17) is 16.6 Å². The average Bonchev–Trinajstić information content (AvgIpc) is 3.36. The molecule has 2 aromatic carbocycles. The van der Waals surface area contributed by atoms with Gasteiger partial charge in [-0.2, -0.15) is 0 Å². The first-order valence-electron chi connectivity index (χ1n) is 9.80. The normalized spacial score (nSPS) is 11.1. The summed E-state index contributed by atoms with van der Waals surface area (Å²) in [5.41, 5.74) is 4.38. The van der Waals surface area contributed by atoms with Crippen LogP contribution in [0, 0.1) is 6.92 Å². The van der Waals surface area contributed by atoms with Crippen LogP contribution in [-0.4, -0.2) is 16.1 Å². The number of carboxylic acids is 1. The molecule has 4 nitrogen and oxygen atoms in total. The monoisotopic (exact) mass is 468 g/mol. The molecule has 2 aromatic heterocycles.